The largest absolute Gasteiger partial charge is 0.416 e. The summed E-state index contributed by atoms with van der Waals surface area (Å²) in [7, 11) is 0. The molecule has 0 radical (unpaired) electrons. The summed E-state index contributed by atoms with van der Waals surface area (Å²) in [5.74, 6) is 0.236. The van der Waals surface area contributed by atoms with Crippen LogP contribution in [-0.2, 0) is 12.7 Å². The van der Waals surface area contributed by atoms with E-state index in [4.69, 9.17) is 16.6 Å². The summed E-state index contributed by atoms with van der Waals surface area (Å²) in [6.07, 6.45) is -2.45. The summed E-state index contributed by atoms with van der Waals surface area (Å²) in [4.78, 5) is 22.0. The lowest BCUT2D eigenvalue weighted by molar-refractivity contribution is -0.137. The fourth-order valence-corrected chi connectivity index (χ4v) is 5.77. The van der Waals surface area contributed by atoms with E-state index in [1.807, 2.05) is 48.7 Å². The molecule has 37 heavy (non-hydrogen) atoms. The second-order valence-electron chi connectivity index (χ2n) is 9.85. The van der Waals surface area contributed by atoms with E-state index in [0.717, 1.165) is 47.8 Å². The number of benzene rings is 2. The zero-order valence-electron chi connectivity index (χ0n) is 19.8. The van der Waals surface area contributed by atoms with Crippen molar-refractivity contribution in [2.75, 3.05) is 26.2 Å². The summed E-state index contributed by atoms with van der Waals surface area (Å²) >= 11 is 6.10. The van der Waals surface area contributed by atoms with Gasteiger partial charge in [0, 0.05) is 55.1 Å². The summed E-state index contributed by atoms with van der Waals surface area (Å²) < 4.78 is 41.4. The lowest BCUT2D eigenvalue weighted by atomic mass is 10.0. The Labute approximate surface area is 217 Å². The van der Waals surface area contributed by atoms with E-state index in [0.29, 0.717) is 24.7 Å². The van der Waals surface area contributed by atoms with Gasteiger partial charge in [0.15, 0.2) is 0 Å². The van der Waals surface area contributed by atoms with Crippen LogP contribution in [0.1, 0.15) is 21.6 Å². The highest BCUT2D eigenvalue weighted by Gasteiger charge is 2.42. The molecule has 2 aliphatic rings. The first-order valence-corrected chi connectivity index (χ1v) is 12.5. The number of hydrogen-bond acceptors (Lipinski definition) is 3. The second kappa shape index (κ2) is 9.19. The van der Waals surface area contributed by atoms with Crippen LogP contribution < -0.4 is 0 Å². The summed E-state index contributed by atoms with van der Waals surface area (Å²) in [5, 5.41) is 0.672. The van der Waals surface area contributed by atoms with Gasteiger partial charge in [0.25, 0.3) is 5.91 Å². The number of carbonyl (C=O) groups excluding carboxylic acids is 1. The van der Waals surface area contributed by atoms with Crippen LogP contribution in [0.2, 0.25) is 5.02 Å². The summed E-state index contributed by atoms with van der Waals surface area (Å²) in [6, 6.07) is 18.3. The van der Waals surface area contributed by atoms with Gasteiger partial charge in [-0.1, -0.05) is 35.9 Å². The van der Waals surface area contributed by atoms with E-state index in [1.54, 1.807) is 4.90 Å². The minimum absolute atomic E-state index is 0.0880. The van der Waals surface area contributed by atoms with E-state index < -0.39 is 11.7 Å². The van der Waals surface area contributed by atoms with Crippen molar-refractivity contribution in [1.29, 1.82) is 0 Å². The third-order valence-electron chi connectivity index (χ3n) is 7.41. The van der Waals surface area contributed by atoms with Crippen molar-refractivity contribution in [3.05, 3.63) is 94.8 Å². The highest BCUT2D eigenvalue weighted by atomic mass is 35.5. The van der Waals surface area contributed by atoms with Crippen LogP contribution in [-0.4, -0.2) is 51.3 Å². The fraction of sp³-hybridized carbons (Fsp3) is 0.286. The molecule has 190 valence electrons. The van der Waals surface area contributed by atoms with Crippen LogP contribution in [0, 0.1) is 11.8 Å². The van der Waals surface area contributed by atoms with E-state index in [-0.39, 0.29) is 23.3 Å². The molecule has 0 N–H and O–H groups in total. The molecule has 0 aliphatic carbocycles. The molecule has 2 aromatic heterocycles. The summed E-state index contributed by atoms with van der Waals surface area (Å²) in [6.45, 7) is 3.44. The average Bonchev–Trinajstić information content (AvgIpc) is 3.56. The van der Waals surface area contributed by atoms with Crippen LogP contribution in [0.4, 0.5) is 13.2 Å². The molecule has 0 bridgehead atoms. The first-order valence-electron chi connectivity index (χ1n) is 12.2. The van der Waals surface area contributed by atoms with E-state index in [1.165, 1.54) is 12.1 Å². The fourth-order valence-electron chi connectivity index (χ4n) is 5.64. The topological polar surface area (TPSA) is 40.9 Å². The average molecular weight is 525 g/mol. The monoisotopic (exact) mass is 524 g/mol. The lowest BCUT2D eigenvalue weighted by Gasteiger charge is -2.22. The Morgan fingerprint density at radius 1 is 0.946 bits per heavy atom. The van der Waals surface area contributed by atoms with Gasteiger partial charge < -0.3 is 9.30 Å². The van der Waals surface area contributed by atoms with Gasteiger partial charge in [0.1, 0.15) is 5.65 Å². The van der Waals surface area contributed by atoms with Crippen LogP contribution in [0.5, 0.6) is 0 Å². The molecule has 9 heteroatoms. The van der Waals surface area contributed by atoms with E-state index in [9.17, 15) is 18.0 Å². The third kappa shape index (κ3) is 4.60. The second-order valence-corrected chi connectivity index (χ2v) is 10.3. The number of fused-ring (bicyclic) bond motifs is 2. The van der Waals surface area contributed by atoms with Crippen molar-refractivity contribution >= 4 is 23.2 Å². The van der Waals surface area contributed by atoms with Gasteiger partial charge >= 0.3 is 6.18 Å². The number of imidazole rings is 1. The quantitative estimate of drug-likeness (QED) is 0.335. The highest BCUT2D eigenvalue weighted by Crippen LogP contribution is 2.35. The van der Waals surface area contributed by atoms with Crippen LogP contribution in [0.3, 0.4) is 0 Å². The van der Waals surface area contributed by atoms with Gasteiger partial charge in [-0.15, -0.1) is 0 Å². The van der Waals surface area contributed by atoms with Crippen molar-refractivity contribution in [3.8, 4) is 11.3 Å². The highest BCUT2D eigenvalue weighted by molar-refractivity contribution is 6.30. The van der Waals surface area contributed by atoms with Gasteiger partial charge in [-0.05, 0) is 54.3 Å². The smallest absolute Gasteiger partial charge is 0.338 e. The zero-order valence-corrected chi connectivity index (χ0v) is 20.6. The van der Waals surface area contributed by atoms with Crippen LogP contribution >= 0.6 is 11.6 Å². The Kier molecular flexibility index (Phi) is 5.96. The van der Waals surface area contributed by atoms with Crippen molar-refractivity contribution in [2.24, 2.45) is 11.8 Å². The maximum atomic E-state index is 13.1. The molecular weight excluding hydrogens is 501 g/mol. The van der Waals surface area contributed by atoms with Gasteiger partial charge in [0.05, 0.1) is 17.0 Å². The van der Waals surface area contributed by atoms with Gasteiger partial charge in [0.2, 0.25) is 0 Å². The van der Waals surface area contributed by atoms with Crippen molar-refractivity contribution < 1.29 is 18.0 Å². The molecule has 1 amide bonds. The first-order chi connectivity index (χ1) is 17.8. The molecular formula is C28H24ClF3N4O. The van der Waals surface area contributed by atoms with E-state index >= 15 is 0 Å². The number of alkyl halides is 3. The molecule has 6 rings (SSSR count). The van der Waals surface area contributed by atoms with Crippen LogP contribution in [0.15, 0.2) is 72.9 Å². The minimum Gasteiger partial charge on any atom is -0.338 e. The number of likely N-dealkylation sites (tertiary alicyclic amines) is 2. The third-order valence-corrected chi connectivity index (χ3v) is 7.66. The molecule has 2 aromatic carbocycles. The SMILES string of the molecule is O=C(c1cccc(C(F)(F)F)c1)N1CC2CN(Cc3c(-c4ccc(Cl)cc4)nc4ccccn34)CC2C1. The molecule has 4 heterocycles. The van der Waals surface area contributed by atoms with Gasteiger partial charge in [-0.25, -0.2) is 4.98 Å². The van der Waals surface area contributed by atoms with Crippen molar-refractivity contribution in [1.82, 2.24) is 19.2 Å². The Morgan fingerprint density at radius 3 is 2.38 bits per heavy atom. The molecule has 2 fully saturated rings. The van der Waals surface area contributed by atoms with E-state index in [2.05, 4.69) is 9.30 Å². The van der Waals surface area contributed by atoms with Crippen molar-refractivity contribution in [2.45, 2.75) is 12.7 Å². The minimum atomic E-state index is -4.47. The lowest BCUT2D eigenvalue weighted by Crippen LogP contribution is -2.33. The Balaban J connectivity index is 1.18. The predicted octanol–water partition coefficient (Wildman–Crippen LogP) is 5.88. The number of halogens is 4. The Morgan fingerprint density at radius 2 is 1.68 bits per heavy atom. The number of aromatic nitrogens is 2. The molecule has 5 nitrogen and oxygen atoms in total. The van der Waals surface area contributed by atoms with Gasteiger partial charge in [-0.2, -0.15) is 13.2 Å². The first kappa shape index (κ1) is 24.0. The summed E-state index contributed by atoms with van der Waals surface area (Å²) in [5.41, 5.74) is 3.18. The molecule has 0 saturated carbocycles. The maximum Gasteiger partial charge on any atom is 0.416 e. The molecule has 2 unspecified atom stereocenters. The Bertz CT molecular complexity index is 1450. The number of nitrogens with zero attached hydrogens (tertiary/aromatic N) is 4. The van der Waals surface area contributed by atoms with Gasteiger partial charge in [-0.3, -0.25) is 9.69 Å². The Hall–Kier alpha value is -3.36. The number of rotatable bonds is 4. The number of amides is 1. The van der Waals surface area contributed by atoms with Crippen molar-refractivity contribution in [3.63, 3.8) is 0 Å². The predicted molar refractivity (Wildman–Crippen MR) is 135 cm³/mol. The standard InChI is InChI=1S/C28H24ClF3N4O/c29-23-9-7-18(8-10-23)26-24(36-11-2-1-6-25(36)33-26)17-34-13-20-15-35(16-21(20)14-34)27(37)19-4-3-5-22(12-19)28(30,31)32/h1-12,20-21H,13-17H2. The number of hydrogen-bond donors (Lipinski definition) is 0. The van der Waals surface area contributed by atoms with Crippen LogP contribution in [0.25, 0.3) is 16.9 Å². The number of carbonyl (C=O) groups is 1. The number of pyridine rings is 1. The molecule has 2 atom stereocenters. The maximum absolute atomic E-state index is 13.1. The zero-order chi connectivity index (χ0) is 25.7. The molecule has 0 spiro atoms. The molecule has 2 aliphatic heterocycles. The normalized spacial score (nSPS) is 20.1. The molecule has 2 saturated heterocycles. The molecule has 4 aromatic rings.